The second-order valence-corrected chi connectivity index (χ2v) is 10.2. The van der Waals surface area contributed by atoms with Crippen LogP contribution in [0, 0.1) is 5.92 Å². The molecule has 0 radical (unpaired) electrons. The molecule has 0 amide bonds. The topological polar surface area (TPSA) is 17.8 Å². The first kappa shape index (κ1) is 27.7. The number of benzene rings is 1. The Hall–Kier alpha value is -1.57. The third-order valence-electron chi connectivity index (χ3n) is 7.32. The molecule has 1 heterocycles. The summed E-state index contributed by atoms with van der Waals surface area (Å²) in [7, 11) is 0. The molecule has 0 saturated heterocycles. The molecule has 33 heavy (non-hydrogen) atoms. The molecule has 2 unspecified atom stereocenters. The van der Waals surface area contributed by atoms with Crippen LogP contribution in [-0.2, 0) is 6.42 Å². The molecule has 0 spiro atoms. The molecule has 1 aromatic heterocycles. The molecule has 2 atom stereocenters. The van der Waals surface area contributed by atoms with Crippen molar-refractivity contribution in [1.82, 2.24) is 9.55 Å². The number of nitrogens with zero attached hydrogens (tertiary/aromatic N) is 2. The van der Waals surface area contributed by atoms with Crippen LogP contribution in [0.3, 0.4) is 0 Å². The summed E-state index contributed by atoms with van der Waals surface area (Å²) in [6.07, 6.45) is 30.9. The molecule has 2 aromatic rings. The van der Waals surface area contributed by atoms with Gasteiger partial charge in [0.05, 0.1) is 6.33 Å². The maximum Gasteiger partial charge on any atom is 0.0948 e. The Labute approximate surface area is 205 Å². The van der Waals surface area contributed by atoms with Gasteiger partial charge in [-0.05, 0) is 30.7 Å². The summed E-state index contributed by atoms with van der Waals surface area (Å²) >= 11 is 0. The fourth-order valence-electron chi connectivity index (χ4n) is 5.29. The zero-order valence-electron chi connectivity index (χ0n) is 21.9. The fraction of sp³-hybridized carbons (Fsp3) is 0.710. The van der Waals surface area contributed by atoms with Gasteiger partial charge in [0.1, 0.15) is 0 Å². The van der Waals surface area contributed by atoms with Gasteiger partial charge in [0.2, 0.25) is 0 Å². The normalized spacial score (nSPS) is 13.3. The van der Waals surface area contributed by atoms with Crippen LogP contribution in [0.1, 0.15) is 135 Å². The second-order valence-electron chi connectivity index (χ2n) is 10.2. The van der Waals surface area contributed by atoms with Gasteiger partial charge in [-0.25, -0.2) is 4.98 Å². The van der Waals surface area contributed by atoms with E-state index < -0.39 is 0 Å². The van der Waals surface area contributed by atoms with Crippen molar-refractivity contribution in [3.63, 3.8) is 0 Å². The van der Waals surface area contributed by atoms with Gasteiger partial charge in [0.25, 0.3) is 0 Å². The van der Waals surface area contributed by atoms with E-state index in [0.717, 1.165) is 0 Å². The minimum atomic E-state index is 0.577. The van der Waals surface area contributed by atoms with E-state index in [1.54, 1.807) is 0 Å². The van der Waals surface area contributed by atoms with Crippen LogP contribution in [0.2, 0.25) is 0 Å². The van der Waals surface area contributed by atoms with Gasteiger partial charge in [0.15, 0.2) is 0 Å². The second kappa shape index (κ2) is 18.8. The van der Waals surface area contributed by atoms with Crippen LogP contribution in [0.15, 0.2) is 49.1 Å². The molecule has 0 N–H and O–H groups in total. The van der Waals surface area contributed by atoms with Gasteiger partial charge in [-0.1, -0.05) is 140 Å². The van der Waals surface area contributed by atoms with Crippen molar-refractivity contribution in [3.8, 4) is 0 Å². The maximum absolute atomic E-state index is 4.42. The molecular formula is C31H52N2. The average Bonchev–Trinajstić information content (AvgIpc) is 3.37. The smallest absolute Gasteiger partial charge is 0.0948 e. The monoisotopic (exact) mass is 452 g/mol. The molecule has 0 bridgehead atoms. The zero-order chi connectivity index (χ0) is 23.4. The molecular weight excluding hydrogens is 400 g/mol. The SMILES string of the molecule is CCCCCCCCCCCC(Cc1ccccc1)C(CCCCCCCC)n1ccnc1. The fourth-order valence-corrected chi connectivity index (χ4v) is 5.29. The molecule has 1 aromatic carbocycles. The van der Waals surface area contributed by atoms with Crippen molar-refractivity contribution >= 4 is 0 Å². The Bertz CT molecular complexity index is 649. The minimum Gasteiger partial charge on any atom is -0.334 e. The van der Waals surface area contributed by atoms with Gasteiger partial charge < -0.3 is 4.57 Å². The molecule has 186 valence electrons. The van der Waals surface area contributed by atoms with Gasteiger partial charge >= 0.3 is 0 Å². The van der Waals surface area contributed by atoms with Crippen molar-refractivity contribution in [3.05, 3.63) is 54.6 Å². The molecule has 0 aliphatic heterocycles. The Morgan fingerprint density at radius 3 is 1.76 bits per heavy atom. The first-order valence-corrected chi connectivity index (χ1v) is 14.4. The van der Waals surface area contributed by atoms with Crippen molar-refractivity contribution in [2.75, 3.05) is 0 Å². The van der Waals surface area contributed by atoms with E-state index in [1.165, 1.54) is 121 Å². The zero-order valence-corrected chi connectivity index (χ0v) is 21.9. The number of hydrogen-bond acceptors (Lipinski definition) is 1. The Morgan fingerprint density at radius 1 is 0.667 bits per heavy atom. The molecule has 2 nitrogen and oxygen atoms in total. The summed E-state index contributed by atoms with van der Waals surface area (Å²) in [6, 6.07) is 11.8. The highest BCUT2D eigenvalue weighted by atomic mass is 15.1. The Kier molecular flexibility index (Phi) is 15.8. The third kappa shape index (κ3) is 12.5. The lowest BCUT2D eigenvalue weighted by molar-refractivity contribution is 0.275. The quantitative estimate of drug-likeness (QED) is 0.172. The van der Waals surface area contributed by atoms with E-state index >= 15 is 0 Å². The van der Waals surface area contributed by atoms with Gasteiger partial charge in [0, 0.05) is 18.4 Å². The summed E-state index contributed by atoms with van der Waals surface area (Å²) < 4.78 is 2.42. The Morgan fingerprint density at radius 2 is 1.21 bits per heavy atom. The van der Waals surface area contributed by atoms with E-state index in [0.29, 0.717) is 12.0 Å². The first-order chi connectivity index (χ1) is 16.3. The average molecular weight is 453 g/mol. The summed E-state index contributed by atoms with van der Waals surface area (Å²) in [5.74, 6) is 0.696. The summed E-state index contributed by atoms with van der Waals surface area (Å²) in [6.45, 7) is 4.60. The summed E-state index contributed by atoms with van der Waals surface area (Å²) in [5, 5.41) is 0. The number of rotatable bonds is 21. The standard InChI is InChI=1S/C31H52N2/c1-3-5-7-9-11-12-13-14-19-23-30(27-29-21-17-16-18-22-29)31(33-26-25-32-28-33)24-20-15-10-8-6-4-2/h16-18,21-22,25-26,28,30-31H,3-15,19-20,23-24,27H2,1-2H3. The number of hydrogen-bond donors (Lipinski definition) is 0. The molecule has 2 rings (SSSR count). The number of aromatic nitrogens is 2. The predicted octanol–water partition coefficient (Wildman–Crippen LogP) is 9.95. The van der Waals surface area contributed by atoms with Gasteiger partial charge in [-0.2, -0.15) is 0 Å². The van der Waals surface area contributed by atoms with Crippen LogP contribution in [0.25, 0.3) is 0 Å². The van der Waals surface area contributed by atoms with Crippen LogP contribution in [0.5, 0.6) is 0 Å². The van der Waals surface area contributed by atoms with Crippen molar-refractivity contribution in [1.29, 1.82) is 0 Å². The largest absolute Gasteiger partial charge is 0.334 e. The van der Waals surface area contributed by atoms with E-state index in [-0.39, 0.29) is 0 Å². The lowest BCUT2D eigenvalue weighted by Crippen LogP contribution is -2.21. The van der Waals surface area contributed by atoms with Crippen molar-refractivity contribution in [2.24, 2.45) is 5.92 Å². The van der Waals surface area contributed by atoms with Crippen LogP contribution in [-0.4, -0.2) is 9.55 Å². The summed E-state index contributed by atoms with van der Waals surface area (Å²) in [4.78, 5) is 4.42. The number of imidazole rings is 1. The van der Waals surface area contributed by atoms with Crippen LogP contribution < -0.4 is 0 Å². The lowest BCUT2D eigenvalue weighted by atomic mass is 9.84. The Balaban J connectivity index is 1.88. The van der Waals surface area contributed by atoms with Crippen molar-refractivity contribution < 1.29 is 0 Å². The van der Waals surface area contributed by atoms with E-state index in [2.05, 4.69) is 66.3 Å². The van der Waals surface area contributed by atoms with Crippen molar-refractivity contribution in [2.45, 2.75) is 135 Å². The maximum atomic E-state index is 4.42. The number of unbranched alkanes of at least 4 members (excludes halogenated alkanes) is 13. The van der Waals surface area contributed by atoms with Crippen LogP contribution >= 0.6 is 0 Å². The highest BCUT2D eigenvalue weighted by Crippen LogP contribution is 2.32. The summed E-state index contributed by atoms with van der Waals surface area (Å²) in [5.41, 5.74) is 1.49. The van der Waals surface area contributed by atoms with Gasteiger partial charge in [-0.3, -0.25) is 0 Å². The van der Waals surface area contributed by atoms with Gasteiger partial charge in [-0.15, -0.1) is 0 Å². The molecule has 2 heteroatoms. The van der Waals surface area contributed by atoms with E-state index in [1.807, 2.05) is 6.20 Å². The lowest BCUT2D eigenvalue weighted by Gasteiger charge is -2.29. The first-order valence-electron chi connectivity index (χ1n) is 14.4. The molecule has 0 fully saturated rings. The highest BCUT2D eigenvalue weighted by molar-refractivity contribution is 5.15. The van der Waals surface area contributed by atoms with Crippen LogP contribution in [0.4, 0.5) is 0 Å². The minimum absolute atomic E-state index is 0.577. The molecule has 0 saturated carbocycles. The van der Waals surface area contributed by atoms with E-state index in [4.69, 9.17) is 0 Å². The van der Waals surface area contributed by atoms with E-state index in [9.17, 15) is 0 Å². The molecule has 0 aliphatic rings. The third-order valence-corrected chi connectivity index (χ3v) is 7.32. The highest BCUT2D eigenvalue weighted by Gasteiger charge is 2.23. The predicted molar refractivity (Wildman–Crippen MR) is 145 cm³/mol. The molecule has 0 aliphatic carbocycles.